The van der Waals surface area contributed by atoms with Gasteiger partial charge in [-0.05, 0) is 19.3 Å². The van der Waals surface area contributed by atoms with Gasteiger partial charge in [0.25, 0.3) is 0 Å². The molecule has 0 spiro atoms. The van der Waals surface area contributed by atoms with Crippen LogP contribution in [0.4, 0.5) is 0 Å². The molecule has 1 aliphatic rings. The molecule has 0 aromatic rings. The zero-order chi connectivity index (χ0) is 10.8. The molecule has 1 fully saturated rings. The number of alkyl halides is 2. The molecule has 0 saturated carbocycles. The molecule has 1 aliphatic heterocycles. The lowest BCUT2D eigenvalue weighted by molar-refractivity contribution is -0.184. The van der Waals surface area contributed by atoms with Crippen molar-refractivity contribution in [2.75, 3.05) is 6.61 Å². The van der Waals surface area contributed by atoms with Crippen LogP contribution in [0.1, 0.15) is 33.6 Å². The number of rotatable bonds is 3. The standard InChI is InChI=1S/C10H18Cl2O2/c1-4-13-8-5-6-10(12,7(2)3)9(11)14-8/h7-9H,4-6H2,1-3H3. The van der Waals surface area contributed by atoms with Crippen molar-refractivity contribution in [3.05, 3.63) is 0 Å². The summed E-state index contributed by atoms with van der Waals surface area (Å²) in [5.74, 6) is 0.300. The van der Waals surface area contributed by atoms with Gasteiger partial charge in [-0.3, -0.25) is 0 Å². The van der Waals surface area contributed by atoms with E-state index in [1.807, 2.05) is 6.92 Å². The second-order valence-corrected chi connectivity index (χ2v) is 5.06. The van der Waals surface area contributed by atoms with E-state index in [0.717, 1.165) is 12.8 Å². The molecule has 1 rings (SSSR count). The highest BCUT2D eigenvalue weighted by Gasteiger charge is 2.44. The Morgan fingerprint density at radius 3 is 2.64 bits per heavy atom. The topological polar surface area (TPSA) is 18.5 Å². The van der Waals surface area contributed by atoms with Crippen molar-refractivity contribution in [1.29, 1.82) is 0 Å². The van der Waals surface area contributed by atoms with E-state index in [0.29, 0.717) is 12.5 Å². The molecule has 0 aromatic heterocycles. The van der Waals surface area contributed by atoms with Gasteiger partial charge in [0.1, 0.15) is 0 Å². The highest BCUT2D eigenvalue weighted by atomic mass is 35.5. The van der Waals surface area contributed by atoms with E-state index in [2.05, 4.69) is 13.8 Å². The monoisotopic (exact) mass is 240 g/mol. The van der Waals surface area contributed by atoms with E-state index in [9.17, 15) is 0 Å². The van der Waals surface area contributed by atoms with E-state index in [4.69, 9.17) is 32.7 Å². The smallest absolute Gasteiger partial charge is 0.159 e. The van der Waals surface area contributed by atoms with Crippen molar-refractivity contribution in [2.45, 2.75) is 50.3 Å². The molecule has 0 aromatic carbocycles. The van der Waals surface area contributed by atoms with Crippen LogP contribution in [0.3, 0.4) is 0 Å². The Balaban J connectivity index is 2.55. The van der Waals surface area contributed by atoms with Gasteiger partial charge in [-0.25, -0.2) is 0 Å². The first-order chi connectivity index (χ1) is 6.50. The lowest BCUT2D eigenvalue weighted by atomic mass is 9.89. The van der Waals surface area contributed by atoms with Gasteiger partial charge in [0.2, 0.25) is 0 Å². The Morgan fingerprint density at radius 2 is 2.21 bits per heavy atom. The Kier molecular flexibility index (Phi) is 4.51. The Morgan fingerprint density at radius 1 is 1.57 bits per heavy atom. The van der Waals surface area contributed by atoms with Crippen LogP contribution < -0.4 is 0 Å². The predicted molar refractivity (Wildman–Crippen MR) is 58.8 cm³/mol. The molecule has 1 heterocycles. The minimum Gasteiger partial charge on any atom is -0.353 e. The normalized spacial score (nSPS) is 39.0. The zero-order valence-corrected chi connectivity index (χ0v) is 10.4. The summed E-state index contributed by atoms with van der Waals surface area (Å²) in [5.41, 5.74) is -0.463. The number of hydrogen-bond acceptors (Lipinski definition) is 2. The fraction of sp³-hybridized carbons (Fsp3) is 1.00. The summed E-state index contributed by atoms with van der Waals surface area (Å²) in [6.45, 7) is 6.71. The summed E-state index contributed by atoms with van der Waals surface area (Å²) >= 11 is 12.5. The molecule has 0 bridgehead atoms. The van der Waals surface area contributed by atoms with Crippen LogP contribution in [-0.4, -0.2) is 23.3 Å². The van der Waals surface area contributed by atoms with Crippen LogP contribution in [-0.2, 0) is 9.47 Å². The average molecular weight is 241 g/mol. The third kappa shape index (κ3) is 2.54. The molecule has 0 radical (unpaired) electrons. The van der Waals surface area contributed by atoms with Crippen molar-refractivity contribution < 1.29 is 9.47 Å². The molecule has 84 valence electrons. The molecule has 14 heavy (non-hydrogen) atoms. The molecule has 3 unspecified atom stereocenters. The van der Waals surface area contributed by atoms with Gasteiger partial charge in [0.05, 0.1) is 4.87 Å². The van der Waals surface area contributed by atoms with Crippen LogP contribution in [0.25, 0.3) is 0 Å². The van der Waals surface area contributed by atoms with Gasteiger partial charge < -0.3 is 9.47 Å². The van der Waals surface area contributed by atoms with Crippen LogP contribution in [0.2, 0.25) is 0 Å². The Hall–Kier alpha value is 0.500. The minimum absolute atomic E-state index is 0.187. The average Bonchev–Trinajstić information content (AvgIpc) is 2.12. The second-order valence-electron chi connectivity index (χ2n) is 3.96. The van der Waals surface area contributed by atoms with E-state index < -0.39 is 10.4 Å². The summed E-state index contributed by atoms with van der Waals surface area (Å²) in [5, 5.41) is 0. The summed E-state index contributed by atoms with van der Waals surface area (Å²) < 4.78 is 10.9. The highest BCUT2D eigenvalue weighted by Crippen LogP contribution is 2.42. The van der Waals surface area contributed by atoms with Gasteiger partial charge in [-0.1, -0.05) is 25.4 Å². The minimum atomic E-state index is -0.463. The first-order valence-corrected chi connectivity index (χ1v) is 5.92. The number of ether oxygens (including phenoxy) is 2. The summed E-state index contributed by atoms with van der Waals surface area (Å²) in [7, 11) is 0. The quantitative estimate of drug-likeness (QED) is 0.705. The summed E-state index contributed by atoms with van der Waals surface area (Å²) in [6, 6.07) is 0. The van der Waals surface area contributed by atoms with E-state index in [1.165, 1.54) is 0 Å². The van der Waals surface area contributed by atoms with E-state index >= 15 is 0 Å². The molecule has 0 N–H and O–H groups in total. The van der Waals surface area contributed by atoms with Crippen molar-refractivity contribution in [1.82, 2.24) is 0 Å². The van der Waals surface area contributed by atoms with Crippen molar-refractivity contribution in [3.63, 3.8) is 0 Å². The zero-order valence-electron chi connectivity index (χ0n) is 8.93. The van der Waals surface area contributed by atoms with Gasteiger partial charge in [-0.15, -0.1) is 11.6 Å². The molecular formula is C10H18Cl2O2. The SMILES string of the molecule is CCOC1CCC(Cl)(C(C)C)C(Cl)O1. The second kappa shape index (κ2) is 5.02. The maximum atomic E-state index is 6.41. The van der Waals surface area contributed by atoms with Crippen LogP contribution >= 0.6 is 23.2 Å². The van der Waals surface area contributed by atoms with Crippen molar-refractivity contribution in [2.24, 2.45) is 5.92 Å². The molecule has 0 aliphatic carbocycles. The predicted octanol–water partition coefficient (Wildman–Crippen LogP) is 3.36. The first kappa shape index (κ1) is 12.6. The summed E-state index contributed by atoms with van der Waals surface area (Å²) in [4.78, 5) is -0.449. The summed E-state index contributed by atoms with van der Waals surface area (Å²) in [6.07, 6.45) is 1.47. The number of hydrogen-bond donors (Lipinski definition) is 0. The lowest BCUT2D eigenvalue weighted by Gasteiger charge is -2.41. The van der Waals surface area contributed by atoms with Crippen LogP contribution in [0.15, 0.2) is 0 Å². The molecule has 4 heteroatoms. The van der Waals surface area contributed by atoms with Crippen LogP contribution in [0.5, 0.6) is 0 Å². The Bertz CT molecular complexity index is 187. The maximum Gasteiger partial charge on any atom is 0.159 e. The third-order valence-corrected chi connectivity index (χ3v) is 4.15. The van der Waals surface area contributed by atoms with Gasteiger partial charge in [0.15, 0.2) is 11.9 Å². The van der Waals surface area contributed by atoms with Crippen molar-refractivity contribution in [3.8, 4) is 0 Å². The molecular weight excluding hydrogens is 223 g/mol. The lowest BCUT2D eigenvalue weighted by Crippen LogP contribution is -2.47. The van der Waals surface area contributed by atoms with Gasteiger partial charge >= 0.3 is 0 Å². The van der Waals surface area contributed by atoms with Gasteiger partial charge in [0, 0.05) is 13.0 Å². The third-order valence-electron chi connectivity index (χ3n) is 2.72. The molecule has 1 saturated heterocycles. The molecule has 2 nitrogen and oxygen atoms in total. The first-order valence-electron chi connectivity index (χ1n) is 5.10. The van der Waals surface area contributed by atoms with E-state index in [1.54, 1.807) is 0 Å². The number of halogens is 2. The van der Waals surface area contributed by atoms with Crippen LogP contribution in [0, 0.1) is 5.92 Å². The molecule has 0 amide bonds. The fourth-order valence-corrected chi connectivity index (χ4v) is 2.26. The molecule has 3 atom stereocenters. The Labute approximate surface area is 95.9 Å². The van der Waals surface area contributed by atoms with Gasteiger partial charge in [-0.2, -0.15) is 0 Å². The maximum absolute atomic E-state index is 6.41. The fourth-order valence-electron chi connectivity index (χ4n) is 1.63. The highest BCUT2D eigenvalue weighted by molar-refractivity contribution is 6.32. The van der Waals surface area contributed by atoms with Crippen molar-refractivity contribution >= 4 is 23.2 Å². The van der Waals surface area contributed by atoms with E-state index in [-0.39, 0.29) is 6.29 Å². The largest absolute Gasteiger partial charge is 0.353 e.